The molecule has 1 N–H and O–H groups in total. The van der Waals surface area contributed by atoms with E-state index in [4.69, 9.17) is 4.74 Å². The van der Waals surface area contributed by atoms with Crippen molar-refractivity contribution in [2.24, 2.45) is 5.92 Å². The molecule has 124 valence electrons. The molecule has 2 saturated heterocycles. The molecule has 0 aromatic carbocycles. The molecule has 0 bridgehead atoms. The van der Waals surface area contributed by atoms with Gasteiger partial charge in [-0.3, -0.25) is 4.90 Å². The smallest absolute Gasteiger partial charge is 0.279 e. The van der Waals surface area contributed by atoms with Crippen molar-refractivity contribution in [3.8, 4) is 0 Å². The molecule has 0 aromatic rings. The zero-order valence-corrected chi connectivity index (χ0v) is 14.4. The average molecular weight is 319 g/mol. The summed E-state index contributed by atoms with van der Waals surface area (Å²) >= 11 is 0. The Kier molecular flexibility index (Phi) is 5.65. The Bertz CT molecular complexity index is 435. The maximum atomic E-state index is 12.6. The van der Waals surface area contributed by atoms with Gasteiger partial charge in [-0.05, 0) is 32.6 Å². The Morgan fingerprint density at radius 1 is 1.24 bits per heavy atom. The quantitative estimate of drug-likeness (QED) is 0.809. The molecule has 21 heavy (non-hydrogen) atoms. The van der Waals surface area contributed by atoms with Crippen LogP contribution in [-0.2, 0) is 14.9 Å². The van der Waals surface area contributed by atoms with E-state index in [1.54, 1.807) is 7.05 Å². The monoisotopic (exact) mass is 319 g/mol. The van der Waals surface area contributed by atoms with Crippen LogP contribution in [0.5, 0.6) is 0 Å². The Morgan fingerprint density at radius 3 is 2.38 bits per heavy atom. The minimum atomic E-state index is -3.42. The van der Waals surface area contributed by atoms with Crippen molar-refractivity contribution >= 4 is 10.2 Å². The number of hydrogen-bond donors (Lipinski definition) is 1. The predicted octanol–water partition coefficient (Wildman–Crippen LogP) is 0.660. The normalized spacial score (nSPS) is 29.6. The van der Waals surface area contributed by atoms with Crippen LogP contribution in [0, 0.1) is 5.92 Å². The lowest BCUT2D eigenvalue weighted by Crippen LogP contribution is -2.51. The van der Waals surface area contributed by atoms with Crippen molar-refractivity contribution in [3.05, 3.63) is 0 Å². The predicted molar refractivity (Wildman–Crippen MR) is 83.3 cm³/mol. The molecule has 2 rings (SSSR count). The lowest BCUT2D eigenvalue weighted by molar-refractivity contribution is 0.0628. The molecule has 0 aromatic heterocycles. The van der Waals surface area contributed by atoms with Crippen LogP contribution in [0.25, 0.3) is 0 Å². The van der Waals surface area contributed by atoms with E-state index in [1.165, 1.54) is 4.31 Å². The third-order valence-corrected chi connectivity index (χ3v) is 6.41. The average Bonchev–Trinajstić information content (AvgIpc) is 2.80. The lowest BCUT2D eigenvalue weighted by atomic mass is 10.1. The van der Waals surface area contributed by atoms with E-state index >= 15 is 0 Å². The number of ether oxygens (including phenoxy) is 1. The molecule has 0 spiro atoms. The summed E-state index contributed by atoms with van der Waals surface area (Å²) in [7, 11) is -1.75. The van der Waals surface area contributed by atoms with Gasteiger partial charge in [-0.25, -0.2) is 0 Å². The molecule has 0 saturated carbocycles. The Morgan fingerprint density at radius 2 is 1.86 bits per heavy atom. The molecule has 0 amide bonds. The van der Waals surface area contributed by atoms with Crippen molar-refractivity contribution in [1.29, 1.82) is 0 Å². The Hall–Kier alpha value is -0.210. The summed E-state index contributed by atoms with van der Waals surface area (Å²) in [5.41, 5.74) is 0. The van der Waals surface area contributed by atoms with Crippen molar-refractivity contribution in [1.82, 2.24) is 13.9 Å². The van der Waals surface area contributed by atoms with Gasteiger partial charge in [-0.15, -0.1) is 0 Å². The first-order chi connectivity index (χ1) is 9.81. The Balaban J connectivity index is 1.97. The van der Waals surface area contributed by atoms with E-state index in [-0.39, 0.29) is 12.1 Å². The van der Waals surface area contributed by atoms with Crippen LogP contribution in [0.1, 0.15) is 33.6 Å². The molecule has 2 heterocycles. The largest absolute Gasteiger partial charge is 0.381 e. The van der Waals surface area contributed by atoms with E-state index in [0.717, 1.165) is 25.9 Å². The van der Waals surface area contributed by atoms with Gasteiger partial charge in [0, 0.05) is 51.5 Å². The fourth-order valence-electron chi connectivity index (χ4n) is 3.10. The molecular formula is C14H29N3O3S. The highest BCUT2D eigenvalue weighted by atomic mass is 32.2. The first kappa shape index (κ1) is 17.1. The maximum Gasteiger partial charge on any atom is 0.279 e. The summed E-state index contributed by atoms with van der Waals surface area (Å²) in [6, 6.07) is 0.504. The summed E-state index contributed by atoms with van der Waals surface area (Å²) in [5.74, 6) is 0.338. The van der Waals surface area contributed by atoms with Crippen LogP contribution in [0.2, 0.25) is 0 Å². The van der Waals surface area contributed by atoms with Crippen molar-refractivity contribution in [3.63, 3.8) is 0 Å². The third-order valence-electron chi connectivity index (χ3n) is 4.76. The number of nitrogens with zero attached hydrogens (tertiary/aromatic N) is 2. The van der Waals surface area contributed by atoms with Crippen LogP contribution in [0.3, 0.4) is 0 Å². The van der Waals surface area contributed by atoms with Gasteiger partial charge in [0.15, 0.2) is 0 Å². The molecule has 7 heteroatoms. The van der Waals surface area contributed by atoms with Gasteiger partial charge in [-0.2, -0.15) is 17.4 Å². The summed E-state index contributed by atoms with van der Waals surface area (Å²) in [4.78, 5) is 2.33. The number of likely N-dealkylation sites (tertiary alicyclic amines) is 1. The molecular weight excluding hydrogens is 290 g/mol. The first-order valence-corrected chi connectivity index (χ1v) is 9.32. The number of hydrogen-bond acceptors (Lipinski definition) is 4. The van der Waals surface area contributed by atoms with E-state index in [9.17, 15) is 8.42 Å². The van der Waals surface area contributed by atoms with Gasteiger partial charge >= 0.3 is 0 Å². The fourth-order valence-corrected chi connectivity index (χ4v) is 4.56. The number of nitrogens with one attached hydrogen (secondary N) is 1. The minimum absolute atomic E-state index is 0.000287. The first-order valence-electron chi connectivity index (χ1n) is 7.88. The molecule has 0 aliphatic carbocycles. The number of rotatable bonds is 5. The fraction of sp³-hybridized carbons (Fsp3) is 1.00. The molecule has 0 unspecified atom stereocenters. The van der Waals surface area contributed by atoms with Crippen molar-refractivity contribution in [2.75, 3.05) is 33.4 Å². The maximum absolute atomic E-state index is 12.6. The zero-order valence-electron chi connectivity index (χ0n) is 13.6. The summed E-state index contributed by atoms with van der Waals surface area (Å²) in [6.07, 6.45) is 1.55. The van der Waals surface area contributed by atoms with Gasteiger partial charge in [0.05, 0.1) is 0 Å². The standard InChI is InChI=1S/C14H29N3O3S/c1-11(2)17-9-12(3)14(10-17)15-21(18,19)16(4)13-5-7-20-8-6-13/h11-15H,5-10H2,1-4H3/t12-,14+/m0/s1. The van der Waals surface area contributed by atoms with E-state index in [0.29, 0.717) is 25.2 Å². The Labute approximate surface area is 129 Å². The highest BCUT2D eigenvalue weighted by Gasteiger charge is 2.36. The second kappa shape index (κ2) is 6.91. The van der Waals surface area contributed by atoms with Crippen LogP contribution in [0.15, 0.2) is 0 Å². The van der Waals surface area contributed by atoms with E-state index in [1.807, 2.05) is 0 Å². The third kappa shape index (κ3) is 4.16. The highest BCUT2D eigenvalue weighted by Crippen LogP contribution is 2.21. The zero-order chi connectivity index (χ0) is 15.6. The topological polar surface area (TPSA) is 61.9 Å². The van der Waals surface area contributed by atoms with Crippen LogP contribution in [-0.4, -0.2) is 69.1 Å². The lowest BCUT2D eigenvalue weighted by Gasteiger charge is -2.31. The second-order valence-corrected chi connectivity index (χ2v) is 8.38. The second-order valence-electron chi connectivity index (χ2n) is 6.61. The van der Waals surface area contributed by atoms with Gasteiger partial charge in [0.1, 0.15) is 0 Å². The summed E-state index contributed by atoms with van der Waals surface area (Å²) < 4.78 is 34.8. The van der Waals surface area contributed by atoms with Crippen LogP contribution in [0.4, 0.5) is 0 Å². The van der Waals surface area contributed by atoms with Crippen molar-refractivity contribution < 1.29 is 13.2 Å². The minimum Gasteiger partial charge on any atom is -0.381 e. The van der Waals surface area contributed by atoms with Crippen molar-refractivity contribution in [2.45, 2.75) is 51.7 Å². The molecule has 2 atom stereocenters. The van der Waals surface area contributed by atoms with Crippen LogP contribution < -0.4 is 4.72 Å². The highest BCUT2D eigenvalue weighted by molar-refractivity contribution is 7.87. The van der Waals surface area contributed by atoms with E-state index in [2.05, 4.69) is 30.4 Å². The van der Waals surface area contributed by atoms with Gasteiger partial charge in [0.2, 0.25) is 0 Å². The van der Waals surface area contributed by atoms with E-state index < -0.39 is 10.2 Å². The van der Waals surface area contributed by atoms with Gasteiger partial charge in [-0.1, -0.05) is 6.92 Å². The summed E-state index contributed by atoms with van der Waals surface area (Å²) in [5, 5.41) is 0. The molecule has 2 aliphatic rings. The summed E-state index contributed by atoms with van der Waals surface area (Å²) in [6.45, 7) is 9.45. The van der Waals surface area contributed by atoms with Gasteiger partial charge < -0.3 is 4.74 Å². The molecule has 0 radical (unpaired) electrons. The molecule has 6 nitrogen and oxygen atoms in total. The SMILES string of the molecule is CC(C)N1C[C@H](C)[C@H](NS(=O)(=O)N(C)C2CCOCC2)C1. The molecule has 2 aliphatic heterocycles. The molecule has 2 fully saturated rings. The van der Waals surface area contributed by atoms with Crippen LogP contribution >= 0.6 is 0 Å². The van der Waals surface area contributed by atoms with Gasteiger partial charge in [0.25, 0.3) is 10.2 Å².